The Hall–Kier alpha value is -1.78. The molecule has 0 N–H and O–H groups in total. The number of carbonyl (C=O) groups excluding carboxylic acids is 1. The lowest BCUT2D eigenvalue weighted by atomic mass is 10.1. The van der Waals surface area contributed by atoms with Crippen molar-refractivity contribution < 1.29 is 14.3 Å². The van der Waals surface area contributed by atoms with Crippen LogP contribution in [0.15, 0.2) is 18.3 Å². The van der Waals surface area contributed by atoms with Crippen LogP contribution in [0.3, 0.4) is 0 Å². The third-order valence-electron chi connectivity index (χ3n) is 3.29. The summed E-state index contributed by atoms with van der Waals surface area (Å²) in [6.07, 6.45) is 2.44. The van der Waals surface area contributed by atoms with E-state index >= 15 is 0 Å². The first-order valence-corrected chi connectivity index (χ1v) is 7.37. The first kappa shape index (κ1) is 15.6. The minimum Gasteiger partial charge on any atom is -0.477 e. The number of aromatic nitrogens is 1. The van der Waals surface area contributed by atoms with Gasteiger partial charge in [0.1, 0.15) is 5.60 Å². The van der Waals surface area contributed by atoms with E-state index < -0.39 is 5.60 Å². The van der Waals surface area contributed by atoms with E-state index in [-0.39, 0.29) is 6.09 Å². The third-order valence-corrected chi connectivity index (χ3v) is 3.29. The molecule has 1 atom stereocenters. The summed E-state index contributed by atoms with van der Waals surface area (Å²) in [6.45, 7) is 9.63. The molecule has 0 saturated carbocycles. The van der Waals surface area contributed by atoms with E-state index in [4.69, 9.17) is 9.47 Å². The number of likely N-dealkylation sites (tertiary alicyclic amines) is 1. The standard InChI is InChI=1S/C16H24N2O3/c1-12-5-7-17-14(9-12)20-11-13-6-8-18(10-13)15(19)21-16(2,3)4/h5,7,9,13H,6,8,10-11H2,1-4H3/t13-/m1/s1. The molecular formula is C16H24N2O3. The van der Waals surface area contributed by atoms with Crippen molar-refractivity contribution in [2.24, 2.45) is 5.92 Å². The summed E-state index contributed by atoms with van der Waals surface area (Å²) >= 11 is 0. The zero-order valence-corrected chi connectivity index (χ0v) is 13.3. The maximum Gasteiger partial charge on any atom is 0.410 e. The largest absolute Gasteiger partial charge is 0.477 e. The lowest BCUT2D eigenvalue weighted by Crippen LogP contribution is -2.35. The van der Waals surface area contributed by atoms with Crippen molar-refractivity contribution in [3.05, 3.63) is 23.9 Å². The van der Waals surface area contributed by atoms with Gasteiger partial charge in [-0.3, -0.25) is 0 Å². The number of hydrogen-bond donors (Lipinski definition) is 0. The van der Waals surface area contributed by atoms with Crippen molar-refractivity contribution in [3.63, 3.8) is 0 Å². The van der Waals surface area contributed by atoms with Gasteiger partial charge in [0, 0.05) is 31.3 Å². The zero-order valence-electron chi connectivity index (χ0n) is 13.3. The number of ether oxygens (including phenoxy) is 2. The molecule has 1 aliphatic heterocycles. The Morgan fingerprint density at radius 1 is 1.48 bits per heavy atom. The molecule has 0 unspecified atom stereocenters. The molecule has 5 nitrogen and oxygen atoms in total. The smallest absolute Gasteiger partial charge is 0.410 e. The number of amides is 1. The molecule has 1 aromatic rings. The van der Waals surface area contributed by atoms with Crippen LogP contribution in [0.2, 0.25) is 0 Å². The Balaban J connectivity index is 1.79. The SMILES string of the molecule is Cc1ccnc(OC[C@@H]2CCN(C(=O)OC(C)(C)C)C2)c1. The van der Waals surface area contributed by atoms with Crippen LogP contribution in [0.25, 0.3) is 0 Å². The molecule has 5 heteroatoms. The second-order valence-electron chi connectivity index (χ2n) is 6.56. The van der Waals surface area contributed by atoms with Crippen LogP contribution in [0.1, 0.15) is 32.8 Å². The van der Waals surface area contributed by atoms with Crippen molar-refractivity contribution >= 4 is 6.09 Å². The third kappa shape index (κ3) is 4.92. The maximum absolute atomic E-state index is 12.0. The molecule has 0 spiro atoms. The number of rotatable bonds is 3. The molecular weight excluding hydrogens is 268 g/mol. The maximum atomic E-state index is 12.0. The molecule has 1 aliphatic rings. The Morgan fingerprint density at radius 2 is 2.24 bits per heavy atom. The summed E-state index contributed by atoms with van der Waals surface area (Å²) in [5.41, 5.74) is 0.679. The predicted octanol–water partition coefficient (Wildman–Crippen LogP) is 3.03. The van der Waals surface area contributed by atoms with Crippen LogP contribution in [-0.2, 0) is 4.74 Å². The lowest BCUT2D eigenvalue weighted by Gasteiger charge is -2.24. The van der Waals surface area contributed by atoms with Gasteiger partial charge in [-0.1, -0.05) is 0 Å². The van der Waals surface area contributed by atoms with Gasteiger partial charge in [0.15, 0.2) is 0 Å². The van der Waals surface area contributed by atoms with Crippen LogP contribution >= 0.6 is 0 Å². The number of aryl methyl sites for hydroxylation is 1. The molecule has 21 heavy (non-hydrogen) atoms. The minimum absolute atomic E-state index is 0.237. The van der Waals surface area contributed by atoms with Gasteiger partial charge in [-0.15, -0.1) is 0 Å². The van der Waals surface area contributed by atoms with Crippen molar-refractivity contribution in [1.82, 2.24) is 9.88 Å². The Morgan fingerprint density at radius 3 is 2.90 bits per heavy atom. The molecule has 0 aliphatic carbocycles. The van der Waals surface area contributed by atoms with Crippen LogP contribution in [0.4, 0.5) is 4.79 Å². The molecule has 2 heterocycles. The molecule has 1 saturated heterocycles. The van der Waals surface area contributed by atoms with Crippen LogP contribution in [0, 0.1) is 12.8 Å². The molecule has 1 fully saturated rings. The summed E-state index contributed by atoms with van der Waals surface area (Å²) in [5.74, 6) is 0.977. The molecule has 0 bridgehead atoms. The van der Waals surface area contributed by atoms with Gasteiger partial charge >= 0.3 is 6.09 Å². The summed E-state index contributed by atoms with van der Waals surface area (Å²) in [4.78, 5) is 17.9. The Bertz CT molecular complexity index is 497. The summed E-state index contributed by atoms with van der Waals surface area (Å²) in [6, 6.07) is 3.85. The Kier molecular flexibility index (Phi) is 4.70. The molecule has 2 rings (SSSR count). The molecule has 0 radical (unpaired) electrons. The van der Waals surface area contributed by atoms with Crippen molar-refractivity contribution in [3.8, 4) is 5.88 Å². The summed E-state index contributed by atoms with van der Waals surface area (Å²) in [7, 11) is 0. The quantitative estimate of drug-likeness (QED) is 0.859. The van der Waals surface area contributed by atoms with E-state index in [1.54, 1.807) is 11.1 Å². The molecule has 0 aromatic carbocycles. The second kappa shape index (κ2) is 6.33. The average Bonchev–Trinajstić information content (AvgIpc) is 2.83. The average molecular weight is 292 g/mol. The van der Waals surface area contributed by atoms with E-state index in [0.29, 0.717) is 24.9 Å². The van der Waals surface area contributed by atoms with Gasteiger partial charge in [0.25, 0.3) is 0 Å². The fraction of sp³-hybridized carbons (Fsp3) is 0.625. The van der Waals surface area contributed by atoms with Gasteiger partial charge in [-0.05, 0) is 45.7 Å². The van der Waals surface area contributed by atoms with E-state index in [1.165, 1.54) is 0 Å². The molecule has 1 amide bonds. The van der Waals surface area contributed by atoms with Crippen molar-refractivity contribution in [1.29, 1.82) is 0 Å². The number of pyridine rings is 1. The topological polar surface area (TPSA) is 51.7 Å². The van der Waals surface area contributed by atoms with Crippen LogP contribution in [0.5, 0.6) is 5.88 Å². The fourth-order valence-electron chi connectivity index (χ4n) is 2.25. The molecule has 1 aromatic heterocycles. The van der Waals surface area contributed by atoms with Gasteiger partial charge in [-0.25, -0.2) is 9.78 Å². The number of nitrogens with zero attached hydrogens (tertiary/aromatic N) is 2. The van der Waals surface area contributed by atoms with Crippen molar-refractivity contribution in [2.75, 3.05) is 19.7 Å². The van der Waals surface area contributed by atoms with Gasteiger partial charge in [0.05, 0.1) is 6.61 Å². The van der Waals surface area contributed by atoms with Crippen LogP contribution < -0.4 is 4.74 Å². The lowest BCUT2D eigenvalue weighted by molar-refractivity contribution is 0.0284. The van der Waals surface area contributed by atoms with Gasteiger partial charge in [-0.2, -0.15) is 0 Å². The number of hydrogen-bond acceptors (Lipinski definition) is 4. The Labute approximate surface area is 126 Å². The van der Waals surface area contributed by atoms with E-state index in [1.807, 2.05) is 39.8 Å². The van der Waals surface area contributed by atoms with E-state index in [9.17, 15) is 4.79 Å². The van der Waals surface area contributed by atoms with E-state index in [0.717, 1.165) is 18.5 Å². The highest BCUT2D eigenvalue weighted by Gasteiger charge is 2.30. The zero-order chi connectivity index (χ0) is 15.5. The monoisotopic (exact) mass is 292 g/mol. The summed E-state index contributed by atoms with van der Waals surface area (Å²) < 4.78 is 11.1. The highest BCUT2D eigenvalue weighted by molar-refractivity contribution is 5.68. The molecule has 116 valence electrons. The van der Waals surface area contributed by atoms with Crippen LogP contribution in [-0.4, -0.2) is 41.3 Å². The van der Waals surface area contributed by atoms with Crippen molar-refractivity contribution in [2.45, 2.75) is 39.7 Å². The van der Waals surface area contributed by atoms with Gasteiger partial charge in [0.2, 0.25) is 5.88 Å². The number of carbonyl (C=O) groups is 1. The van der Waals surface area contributed by atoms with E-state index in [2.05, 4.69) is 4.98 Å². The first-order chi connectivity index (χ1) is 9.83. The second-order valence-corrected chi connectivity index (χ2v) is 6.56. The first-order valence-electron chi connectivity index (χ1n) is 7.37. The fourth-order valence-corrected chi connectivity index (χ4v) is 2.25. The van der Waals surface area contributed by atoms with Gasteiger partial charge < -0.3 is 14.4 Å². The highest BCUT2D eigenvalue weighted by atomic mass is 16.6. The predicted molar refractivity (Wildman–Crippen MR) is 80.4 cm³/mol. The normalized spacial score (nSPS) is 18.7. The minimum atomic E-state index is -0.447. The summed E-state index contributed by atoms with van der Waals surface area (Å²) in [5, 5.41) is 0. The highest BCUT2D eigenvalue weighted by Crippen LogP contribution is 2.20.